The molecule has 0 saturated carbocycles. The second-order valence-electron chi connectivity index (χ2n) is 7.09. The monoisotopic (exact) mass is 396 g/mol. The van der Waals surface area contributed by atoms with Crippen molar-refractivity contribution in [2.75, 3.05) is 33.0 Å². The van der Waals surface area contributed by atoms with Crippen LogP contribution in [-0.4, -0.2) is 49.7 Å². The van der Waals surface area contributed by atoms with Gasteiger partial charge in [-0.05, 0) is 25.0 Å². The van der Waals surface area contributed by atoms with E-state index in [1.807, 2.05) is 36.4 Å². The summed E-state index contributed by atoms with van der Waals surface area (Å²) in [7, 11) is 0. The molecule has 152 valence electrons. The number of nitrogens with zero attached hydrogens (tertiary/aromatic N) is 1. The van der Waals surface area contributed by atoms with Gasteiger partial charge in [0, 0.05) is 30.6 Å². The Balaban J connectivity index is 1.17. The Labute approximate surface area is 169 Å². The highest BCUT2D eigenvalue weighted by molar-refractivity contribution is 5.97. The SMILES string of the molecule is O=C(c1ccccc1)C1CCN(C(=O)NCCOc2ccc3c(c2)OCO3)CC1. The van der Waals surface area contributed by atoms with Crippen molar-refractivity contribution in [3.63, 3.8) is 0 Å². The first-order chi connectivity index (χ1) is 14.2. The normalized spacial score (nSPS) is 15.8. The molecule has 29 heavy (non-hydrogen) atoms. The topological polar surface area (TPSA) is 77.1 Å². The number of urea groups is 1. The largest absolute Gasteiger partial charge is 0.492 e. The molecule has 1 saturated heterocycles. The number of carbonyl (C=O) groups excluding carboxylic acids is 2. The van der Waals surface area contributed by atoms with Crippen molar-refractivity contribution >= 4 is 11.8 Å². The molecule has 2 amide bonds. The molecule has 0 atom stereocenters. The minimum absolute atomic E-state index is 0.0178. The lowest BCUT2D eigenvalue weighted by Crippen LogP contribution is -2.46. The third-order valence-electron chi connectivity index (χ3n) is 5.20. The number of hydrogen-bond donors (Lipinski definition) is 1. The van der Waals surface area contributed by atoms with Gasteiger partial charge < -0.3 is 24.4 Å². The summed E-state index contributed by atoms with van der Waals surface area (Å²) < 4.78 is 16.2. The molecular weight excluding hydrogens is 372 g/mol. The number of hydrogen-bond acceptors (Lipinski definition) is 5. The lowest BCUT2D eigenvalue weighted by molar-refractivity contribution is 0.0854. The number of fused-ring (bicyclic) bond motifs is 1. The maximum Gasteiger partial charge on any atom is 0.317 e. The van der Waals surface area contributed by atoms with Crippen molar-refractivity contribution in [1.29, 1.82) is 0 Å². The van der Waals surface area contributed by atoms with Gasteiger partial charge in [0.25, 0.3) is 0 Å². The molecular formula is C22H24N2O5. The van der Waals surface area contributed by atoms with Crippen LogP contribution in [0.4, 0.5) is 4.79 Å². The summed E-state index contributed by atoms with van der Waals surface area (Å²) in [6.07, 6.45) is 1.38. The number of ketones is 1. The average Bonchev–Trinajstić information content (AvgIpc) is 3.25. The fourth-order valence-electron chi connectivity index (χ4n) is 3.59. The first kappa shape index (κ1) is 19.1. The highest BCUT2D eigenvalue weighted by atomic mass is 16.7. The second kappa shape index (κ2) is 8.86. The van der Waals surface area contributed by atoms with Gasteiger partial charge in [-0.1, -0.05) is 30.3 Å². The molecule has 2 aromatic carbocycles. The third kappa shape index (κ3) is 4.62. The van der Waals surface area contributed by atoms with E-state index in [1.54, 1.807) is 17.0 Å². The van der Waals surface area contributed by atoms with Crippen LogP contribution in [0.2, 0.25) is 0 Å². The fraction of sp³-hybridized carbons (Fsp3) is 0.364. The minimum atomic E-state index is -0.120. The van der Waals surface area contributed by atoms with E-state index in [0.29, 0.717) is 56.3 Å². The molecule has 0 aromatic heterocycles. The van der Waals surface area contributed by atoms with Crippen molar-refractivity contribution < 1.29 is 23.8 Å². The van der Waals surface area contributed by atoms with E-state index in [2.05, 4.69) is 5.32 Å². The van der Waals surface area contributed by atoms with Crippen molar-refractivity contribution in [1.82, 2.24) is 10.2 Å². The highest BCUT2D eigenvalue weighted by Crippen LogP contribution is 2.35. The Bertz CT molecular complexity index is 863. The van der Waals surface area contributed by atoms with E-state index in [-0.39, 0.29) is 24.5 Å². The maximum atomic E-state index is 12.5. The summed E-state index contributed by atoms with van der Waals surface area (Å²) in [5.74, 6) is 2.20. The number of ether oxygens (including phenoxy) is 3. The number of rotatable bonds is 6. The van der Waals surface area contributed by atoms with Gasteiger partial charge in [-0.2, -0.15) is 0 Å². The zero-order chi connectivity index (χ0) is 20.1. The number of Topliss-reactive ketones (excluding diaryl/α,β-unsaturated/α-hetero) is 1. The van der Waals surface area contributed by atoms with Gasteiger partial charge in [0.2, 0.25) is 6.79 Å². The van der Waals surface area contributed by atoms with Crippen LogP contribution >= 0.6 is 0 Å². The Kier molecular flexibility index (Phi) is 5.84. The molecule has 0 spiro atoms. The van der Waals surface area contributed by atoms with Crippen LogP contribution in [0.3, 0.4) is 0 Å². The van der Waals surface area contributed by atoms with Crippen molar-refractivity contribution in [2.24, 2.45) is 5.92 Å². The molecule has 0 bridgehead atoms. The first-order valence-corrected chi connectivity index (χ1v) is 9.85. The lowest BCUT2D eigenvalue weighted by Gasteiger charge is -2.31. The fourth-order valence-corrected chi connectivity index (χ4v) is 3.59. The number of piperidine rings is 1. The summed E-state index contributed by atoms with van der Waals surface area (Å²) >= 11 is 0. The Morgan fingerprint density at radius 1 is 1.03 bits per heavy atom. The molecule has 1 fully saturated rings. The van der Waals surface area contributed by atoms with Crippen LogP contribution in [0.15, 0.2) is 48.5 Å². The van der Waals surface area contributed by atoms with Crippen LogP contribution < -0.4 is 19.5 Å². The summed E-state index contributed by atoms with van der Waals surface area (Å²) in [4.78, 5) is 26.6. The predicted molar refractivity (Wildman–Crippen MR) is 107 cm³/mol. The van der Waals surface area contributed by atoms with Crippen LogP contribution in [0.25, 0.3) is 0 Å². The van der Waals surface area contributed by atoms with Crippen molar-refractivity contribution in [3.05, 3.63) is 54.1 Å². The minimum Gasteiger partial charge on any atom is -0.492 e. The van der Waals surface area contributed by atoms with Crippen molar-refractivity contribution in [3.8, 4) is 17.2 Å². The van der Waals surface area contributed by atoms with Crippen LogP contribution in [0.5, 0.6) is 17.2 Å². The van der Waals surface area contributed by atoms with Crippen molar-refractivity contribution in [2.45, 2.75) is 12.8 Å². The third-order valence-corrected chi connectivity index (χ3v) is 5.20. The predicted octanol–water partition coefficient (Wildman–Crippen LogP) is 3.10. The molecule has 0 unspecified atom stereocenters. The summed E-state index contributed by atoms with van der Waals surface area (Å²) in [5, 5.41) is 2.87. The van der Waals surface area contributed by atoms with E-state index < -0.39 is 0 Å². The zero-order valence-corrected chi connectivity index (χ0v) is 16.1. The molecule has 0 aliphatic carbocycles. The summed E-state index contributed by atoms with van der Waals surface area (Å²) in [5.41, 5.74) is 0.746. The highest BCUT2D eigenvalue weighted by Gasteiger charge is 2.27. The number of nitrogens with one attached hydrogen (secondary N) is 1. The number of amides is 2. The Hall–Kier alpha value is -3.22. The summed E-state index contributed by atoms with van der Waals surface area (Å²) in [6, 6.07) is 14.6. The van der Waals surface area contributed by atoms with Gasteiger partial charge in [-0.25, -0.2) is 4.79 Å². The number of likely N-dealkylation sites (tertiary alicyclic amines) is 1. The van der Waals surface area contributed by atoms with E-state index in [9.17, 15) is 9.59 Å². The first-order valence-electron chi connectivity index (χ1n) is 9.85. The molecule has 7 nitrogen and oxygen atoms in total. The standard InChI is InChI=1S/C22H24N2O5/c25-21(16-4-2-1-3-5-16)17-8-11-24(12-9-17)22(26)23-10-13-27-18-6-7-19-20(14-18)29-15-28-19/h1-7,14,17H,8-13,15H2,(H,23,26). The maximum absolute atomic E-state index is 12.5. The Morgan fingerprint density at radius 2 is 1.79 bits per heavy atom. The number of benzene rings is 2. The molecule has 0 radical (unpaired) electrons. The van der Waals surface area contributed by atoms with Gasteiger partial charge in [0.15, 0.2) is 17.3 Å². The quantitative estimate of drug-likeness (QED) is 0.600. The molecule has 2 aliphatic rings. The molecule has 2 heterocycles. The van der Waals surface area contributed by atoms with Gasteiger partial charge >= 0.3 is 6.03 Å². The van der Waals surface area contributed by atoms with Gasteiger partial charge in [-0.3, -0.25) is 4.79 Å². The van der Waals surface area contributed by atoms with E-state index in [1.165, 1.54) is 0 Å². The molecule has 4 rings (SSSR count). The molecule has 1 N–H and O–H groups in total. The lowest BCUT2D eigenvalue weighted by atomic mass is 9.89. The molecule has 2 aromatic rings. The molecule has 2 aliphatic heterocycles. The van der Waals surface area contributed by atoms with E-state index in [0.717, 1.165) is 5.56 Å². The second-order valence-corrected chi connectivity index (χ2v) is 7.09. The van der Waals surface area contributed by atoms with Gasteiger partial charge in [-0.15, -0.1) is 0 Å². The van der Waals surface area contributed by atoms with Gasteiger partial charge in [0.05, 0.1) is 6.54 Å². The van der Waals surface area contributed by atoms with Gasteiger partial charge in [0.1, 0.15) is 12.4 Å². The smallest absolute Gasteiger partial charge is 0.317 e. The molecule has 7 heteroatoms. The average molecular weight is 396 g/mol. The summed E-state index contributed by atoms with van der Waals surface area (Å²) in [6.45, 7) is 2.14. The van der Waals surface area contributed by atoms with E-state index in [4.69, 9.17) is 14.2 Å². The van der Waals surface area contributed by atoms with Crippen LogP contribution in [0, 0.1) is 5.92 Å². The Morgan fingerprint density at radius 3 is 2.59 bits per heavy atom. The van der Waals surface area contributed by atoms with Crippen LogP contribution in [0.1, 0.15) is 23.2 Å². The zero-order valence-electron chi connectivity index (χ0n) is 16.1. The number of carbonyl (C=O) groups is 2. The van der Waals surface area contributed by atoms with Crippen LogP contribution in [-0.2, 0) is 0 Å². The van der Waals surface area contributed by atoms with E-state index >= 15 is 0 Å².